The number of aliphatic hydroxyl groups is 1. The minimum atomic E-state index is -0.639. The smallest absolute Gasteiger partial charge is 0.305 e. The third-order valence-corrected chi connectivity index (χ3v) is 5.43. The van der Waals surface area contributed by atoms with Crippen LogP contribution in [-0.2, 0) is 23.9 Å². The summed E-state index contributed by atoms with van der Waals surface area (Å²) in [5.41, 5.74) is 0. The summed E-state index contributed by atoms with van der Waals surface area (Å²) in [5, 5.41) is 10.2. The number of unbranched alkanes of at least 4 members (excludes halogenated alkanes) is 3. The Kier molecular flexibility index (Phi) is 12.7. The van der Waals surface area contributed by atoms with Crippen LogP contribution >= 0.6 is 0 Å². The number of carbonyl (C=O) groups is 3. The molecule has 1 aliphatic carbocycles. The maximum absolute atomic E-state index is 12.2. The monoisotopic (exact) mass is 396 g/mol. The molecule has 0 bridgehead atoms. The van der Waals surface area contributed by atoms with Crippen molar-refractivity contribution in [3.8, 4) is 0 Å². The van der Waals surface area contributed by atoms with Gasteiger partial charge in [0.15, 0.2) is 0 Å². The van der Waals surface area contributed by atoms with E-state index in [1.807, 2.05) is 12.2 Å². The lowest BCUT2D eigenvalue weighted by Crippen LogP contribution is -2.21. The van der Waals surface area contributed by atoms with Crippen LogP contribution in [0.4, 0.5) is 0 Å². The van der Waals surface area contributed by atoms with Crippen LogP contribution in [-0.4, -0.2) is 49.6 Å². The number of esters is 1. The molecule has 0 aromatic heterocycles. The molecule has 3 unspecified atom stereocenters. The fraction of sp³-hybridized carbons (Fsp3) is 0.773. The molecule has 1 N–H and O–H groups in total. The number of hydrogen-bond donors (Lipinski definition) is 1. The molecule has 160 valence electrons. The molecule has 3 atom stereocenters. The third-order valence-electron chi connectivity index (χ3n) is 5.43. The van der Waals surface area contributed by atoms with Gasteiger partial charge in [-0.05, 0) is 44.4 Å². The number of ketones is 2. The lowest BCUT2D eigenvalue weighted by atomic mass is 9.86. The molecule has 6 nitrogen and oxygen atoms in total. The highest BCUT2D eigenvalue weighted by Crippen LogP contribution is 2.35. The van der Waals surface area contributed by atoms with Gasteiger partial charge in [0.05, 0.1) is 13.2 Å². The molecule has 1 rings (SSSR count). The van der Waals surface area contributed by atoms with E-state index >= 15 is 0 Å². The molecular weight excluding hydrogens is 360 g/mol. The summed E-state index contributed by atoms with van der Waals surface area (Å²) < 4.78 is 9.59. The summed E-state index contributed by atoms with van der Waals surface area (Å²) in [6.45, 7) is 0.725. The Hall–Kier alpha value is -1.53. The van der Waals surface area contributed by atoms with E-state index in [2.05, 4.69) is 4.74 Å². The predicted molar refractivity (Wildman–Crippen MR) is 107 cm³/mol. The van der Waals surface area contributed by atoms with Gasteiger partial charge in [0.25, 0.3) is 0 Å². The maximum atomic E-state index is 12.2. The average Bonchev–Trinajstić information content (AvgIpc) is 2.94. The van der Waals surface area contributed by atoms with E-state index in [0.29, 0.717) is 38.5 Å². The van der Waals surface area contributed by atoms with E-state index < -0.39 is 6.10 Å². The molecule has 1 fully saturated rings. The highest BCUT2D eigenvalue weighted by molar-refractivity contribution is 5.84. The first kappa shape index (κ1) is 24.5. The lowest BCUT2D eigenvalue weighted by molar-refractivity contribution is -0.140. The van der Waals surface area contributed by atoms with Crippen molar-refractivity contribution < 1.29 is 29.0 Å². The molecule has 0 amide bonds. The normalized spacial score (nSPS) is 22.1. The number of ether oxygens (including phenoxy) is 2. The molecule has 0 aromatic rings. The van der Waals surface area contributed by atoms with Crippen LogP contribution in [0.5, 0.6) is 0 Å². The van der Waals surface area contributed by atoms with Crippen LogP contribution in [0.2, 0.25) is 0 Å². The molecule has 0 spiro atoms. The average molecular weight is 397 g/mol. The Balaban J connectivity index is 2.33. The predicted octanol–water partition coefficient (Wildman–Crippen LogP) is 3.40. The summed E-state index contributed by atoms with van der Waals surface area (Å²) in [4.78, 5) is 35.4. The van der Waals surface area contributed by atoms with E-state index in [1.54, 1.807) is 7.11 Å². The quantitative estimate of drug-likeness (QED) is 0.259. The number of Topliss-reactive ketones (excluding diaryl/α,β-unsaturated/α-hetero) is 2. The fourth-order valence-corrected chi connectivity index (χ4v) is 3.74. The first-order valence-electron chi connectivity index (χ1n) is 10.4. The summed E-state index contributed by atoms with van der Waals surface area (Å²) in [6, 6.07) is 0. The van der Waals surface area contributed by atoms with E-state index in [0.717, 1.165) is 32.3 Å². The molecule has 0 aromatic carbocycles. The fourth-order valence-electron chi connectivity index (χ4n) is 3.74. The standard InChI is InChI=1S/C22H36O6/c1-27-15-9-5-6-10-17(23)13-14-19-18(20(24)16-21(19)25)11-7-3-4-8-12-22(26)28-2/h3,7,18-19,21,25H,4-6,8-16H2,1-2H3/b7-3+. The molecule has 0 saturated heterocycles. The topological polar surface area (TPSA) is 89.9 Å². The SMILES string of the molecule is COCCCCCC(=O)CCC1C(O)CC(=O)C1C/C=C/CCCC(=O)OC. The van der Waals surface area contributed by atoms with Gasteiger partial charge in [0, 0.05) is 45.3 Å². The maximum Gasteiger partial charge on any atom is 0.305 e. The summed E-state index contributed by atoms with van der Waals surface area (Å²) in [5.74, 6) is -0.262. The van der Waals surface area contributed by atoms with E-state index in [4.69, 9.17) is 4.74 Å². The second kappa shape index (κ2) is 14.5. The van der Waals surface area contributed by atoms with Gasteiger partial charge in [0.2, 0.25) is 0 Å². The molecule has 0 aliphatic heterocycles. The van der Waals surface area contributed by atoms with Crippen molar-refractivity contribution in [2.75, 3.05) is 20.8 Å². The van der Waals surface area contributed by atoms with Crippen molar-refractivity contribution >= 4 is 17.5 Å². The minimum absolute atomic E-state index is 0.0868. The van der Waals surface area contributed by atoms with Crippen molar-refractivity contribution in [1.82, 2.24) is 0 Å². The Morgan fingerprint density at radius 2 is 1.86 bits per heavy atom. The zero-order valence-electron chi connectivity index (χ0n) is 17.4. The van der Waals surface area contributed by atoms with Crippen LogP contribution in [0.3, 0.4) is 0 Å². The molecule has 0 heterocycles. The first-order chi connectivity index (χ1) is 13.5. The van der Waals surface area contributed by atoms with Crippen molar-refractivity contribution in [2.45, 2.75) is 76.7 Å². The van der Waals surface area contributed by atoms with Crippen LogP contribution in [0, 0.1) is 11.8 Å². The number of aliphatic hydroxyl groups excluding tert-OH is 1. The largest absolute Gasteiger partial charge is 0.469 e. The van der Waals surface area contributed by atoms with Crippen molar-refractivity contribution in [3.05, 3.63) is 12.2 Å². The van der Waals surface area contributed by atoms with Gasteiger partial charge in [-0.3, -0.25) is 14.4 Å². The number of methoxy groups -OCH3 is 2. The Labute approximate surface area is 168 Å². The number of carbonyl (C=O) groups excluding carboxylic acids is 3. The van der Waals surface area contributed by atoms with Crippen molar-refractivity contribution in [3.63, 3.8) is 0 Å². The second-order valence-electron chi connectivity index (χ2n) is 7.56. The van der Waals surface area contributed by atoms with E-state index in [9.17, 15) is 19.5 Å². The second-order valence-corrected chi connectivity index (χ2v) is 7.56. The molecule has 1 saturated carbocycles. The number of hydrogen-bond acceptors (Lipinski definition) is 6. The van der Waals surface area contributed by atoms with Gasteiger partial charge >= 0.3 is 5.97 Å². The zero-order chi connectivity index (χ0) is 20.8. The summed E-state index contributed by atoms with van der Waals surface area (Å²) in [7, 11) is 3.05. The Morgan fingerprint density at radius 3 is 2.57 bits per heavy atom. The highest BCUT2D eigenvalue weighted by Gasteiger charge is 2.40. The number of allylic oxidation sites excluding steroid dienone is 2. The first-order valence-corrected chi connectivity index (χ1v) is 10.4. The Morgan fingerprint density at radius 1 is 1.07 bits per heavy atom. The molecule has 6 heteroatoms. The lowest BCUT2D eigenvalue weighted by Gasteiger charge is -2.19. The summed E-state index contributed by atoms with van der Waals surface area (Å²) in [6.07, 6.45) is 10.3. The molecule has 0 radical (unpaired) electrons. The van der Waals surface area contributed by atoms with E-state index in [-0.39, 0.29) is 35.8 Å². The summed E-state index contributed by atoms with van der Waals surface area (Å²) >= 11 is 0. The molecular formula is C22H36O6. The van der Waals surface area contributed by atoms with Crippen LogP contribution in [0.25, 0.3) is 0 Å². The Bertz CT molecular complexity index is 513. The van der Waals surface area contributed by atoms with Gasteiger partial charge in [-0.15, -0.1) is 0 Å². The van der Waals surface area contributed by atoms with Gasteiger partial charge < -0.3 is 14.6 Å². The molecule has 28 heavy (non-hydrogen) atoms. The van der Waals surface area contributed by atoms with Gasteiger partial charge in [-0.25, -0.2) is 0 Å². The van der Waals surface area contributed by atoms with Crippen molar-refractivity contribution in [2.24, 2.45) is 11.8 Å². The van der Waals surface area contributed by atoms with Crippen LogP contribution < -0.4 is 0 Å². The van der Waals surface area contributed by atoms with E-state index in [1.165, 1.54) is 7.11 Å². The van der Waals surface area contributed by atoms with Gasteiger partial charge in [-0.2, -0.15) is 0 Å². The van der Waals surface area contributed by atoms with Crippen molar-refractivity contribution in [1.29, 1.82) is 0 Å². The zero-order valence-corrected chi connectivity index (χ0v) is 17.4. The molecule has 1 aliphatic rings. The van der Waals surface area contributed by atoms with Crippen LogP contribution in [0.1, 0.15) is 70.6 Å². The third kappa shape index (κ3) is 9.60. The number of rotatable bonds is 15. The van der Waals surface area contributed by atoms with Gasteiger partial charge in [0.1, 0.15) is 11.6 Å². The van der Waals surface area contributed by atoms with Gasteiger partial charge in [-0.1, -0.05) is 18.6 Å². The highest BCUT2D eigenvalue weighted by atomic mass is 16.5. The minimum Gasteiger partial charge on any atom is -0.469 e. The van der Waals surface area contributed by atoms with Crippen LogP contribution in [0.15, 0.2) is 12.2 Å².